The van der Waals surface area contributed by atoms with Gasteiger partial charge in [0.05, 0.1) is 11.6 Å². The van der Waals surface area contributed by atoms with Gasteiger partial charge in [-0.15, -0.1) is 0 Å². The predicted molar refractivity (Wildman–Crippen MR) is 112 cm³/mol. The van der Waals surface area contributed by atoms with Crippen molar-refractivity contribution in [3.8, 4) is 6.07 Å². The summed E-state index contributed by atoms with van der Waals surface area (Å²) in [6.07, 6.45) is 1.42. The normalized spacial score (nSPS) is 10.3. The summed E-state index contributed by atoms with van der Waals surface area (Å²) in [6, 6.07) is 19.1. The third-order valence-electron chi connectivity index (χ3n) is 4.36. The van der Waals surface area contributed by atoms with Crippen molar-refractivity contribution in [1.29, 1.82) is 5.26 Å². The second-order valence-electron chi connectivity index (χ2n) is 6.80. The second kappa shape index (κ2) is 8.81. The highest BCUT2D eigenvalue weighted by molar-refractivity contribution is 6.07. The number of nitrogens with zero attached hydrogens (tertiary/aromatic N) is 2. The van der Waals surface area contributed by atoms with Crippen LogP contribution in [-0.4, -0.2) is 16.8 Å². The Labute approximate surface area is 169 Å². The Morgan fingerprint density at radius 3 is 2.07 bits per heavy atom. The molecule has 0 spiro atoms. The maximum absolute atomic E-state index is 12.5. The zero-order valence-electron chi connectivity index (χ0n) is 16.1. The average Bonchev–Trinajstić information content (AvgIpc) is 2.74. The van der Waals surface area contributed by atoms with Crippen LogP contribution < -0.4 is 10.6 Å². The van der Waals surface area contributed by atoms with E-state index in [2.05, 4.69) is 29.5 Å². The molecule has 3 aromatic rings. The van der Waals surface area contributed by atoms with Crippen LogP contribution in [0.1, 0.15) is 51.7 Å². The Morgan fingerprint density at radius 2 is 1.48 bits per heavy atom. The minimum Gasteiger partial charge on any atom is -0.322 e. The highest BCUT2D eigenvalue weighted by Gasteiger charge is 2.13. The lowest BCUT2D eigenvalue weighted by Gasteiger charge is -2.09. The van der Waals surface area contributed by atoms with Crippen molar-refractivity contribution in [1.82, 2.24) is 4.98 Å². The smallest absolute Gasteiger partial charge is 0.274 e. The van der Waals surface area contributed by atoms with Gasteiger partial charge in [0.25, 0.3) is 11.8 Å². The molecule has 29 heavy (non-hydrogen) atoms. The molecule has 0 fully saturated rings. The number of benzene rings is 2. The van der Waals surface area contributed by atoms with Crippen LogP contribution >= 0.6 is 0 Å². The van der Waals surface area contributed by atoms with E-state index in [-0.39, 0.29) is 11.6 Å². The van der Waals surface area contributed by atoms with Crippen LogP contribution in [0.2, 0.25) is 0 Å². The first-order valence-corrected chi connectivity index (χ1v) is 9.15. The van der Waals surface area contributed by atoms with E-state index >= 15 is 0 Å². The highest BCUT2D eigenvalue weighted by Crippen LogP contribution is 2.18. The Balaban J connectivity index is 1.69. The number of nitrogens with one attached hydrogen (secondary N) is 2. The lowest BCUT2D eigenvalue weighted by molar-refractivity contribution is 0.102. The molecular formula is C23H20N4O2. The summed E-state index contributed by atoms with van der Waals surface area (Å²) in [5, 5.41) is 14.4. The van der Waals surface area contributed by atoms with Crippen LogP contribution in [0.3, 0.4) is 0 Å². The number of aromatic nitrogens is 1. The molecule has 144 valence electrons. The molecule has 6 nitrogen and oxygen atoms in total. The summed E-state index contributed by atoms with van der Waals surface area (Å²) < 4.78 is 0. The van der Waals surface area contributed by atoms with Crippen molar-refractivity contribution in [2.24, 2.45) is 0 Å². The standard InChI is InChI=1S/C23H20N4O2/c1-15(2)17-5-9-20(10-6-17)27-23(29)21-13-18(11-12-25-21)22(28)26-19-7-3-16(14-24)4-8-19/h3-13,15H,1-2H3,(H,26,28)(H,27,29). The Hall–Kier alpha value is -3.98. The molecule has 0 aliphatic rings. The molecule has 0 aliphatic carbocycles. The predicted octanol–water partition coefficient (Wildman–Crippen LogP) is 4.58. The van der Waals surface area contributed by atoms with E-state index in [1.807, 2.05) is 30.3 Å². The van der Waals surface area contributed by atoms with Crippen LogP contribution in [0, 0.1) is 11.3 Å². The van der Waals surface area contributed by atoms with Crippen molar-refractivity contribution in [3.05, 3.63) is 89.2 Å². The molecule has 0 unspecified atom stereocenters. The summed E-state index contributed by atoms with van der Waals surface area (Å²) in [6.45, 7) is 4.21. The fraction of sp³-hybridized carbons (Fsp3) is 0.130. The Kier molecular flexibility index (Phi) is 6.00. The Bertz CT molecular complexity index is 1070. The van der Waals surface area contributed by atoms with E-state index in [1.54, 1.807) is 24.3 Å². The second-order valence-corrected chi connectivity index (χ2v) is 6.80. The molecule has 0 atom stereocenters. The van der Waals surface area contributed by atoms with E-state index < -0.39 is 5.91 Å². The topological polar surface area (TPSA) is 94.9 Å². The molecule has 2 aromatic carbocycles. The zero-order chi connectivity index (χ0) is 20.8. The number of hydrogen-bond acceptors (Lipinski definition) is 4. The third-order valence-corrected chi connectivity index (χ3v) is 4.36. The first-order valence-electron chi connectivity index (χ1n) is 9.15. The maximum atomic E-state index is 12.5. The zero-order valence-corrected chi connectivity index (χ0v) is 16.1. The third kappa shape index (κ3) is 5.05. The number of anilines is 2. The summed E-state index contributed by atoms with van der Waals surface area (Å²) >= 11 is 0. The van der Waals surface area contributed by atoms with Crippen molar-refractivity contribution in [2.45, 2.75) is 19.8 Å². The number of hydrogen-bond donors (Lipinski definition) is 2. The van der Waals surface area contributed by atoms with Crippen LogP contribution in [0.5, 0.6) is 0 Å². The maximum Gasteiger partial charge on any atom is 0.274 e. The van der Waals surface area contributed by atoms with Crippen molar-refractivity contribution in [2.75, 3.05) is 10.6 Å². The summed E-state index contributed by atoms with van der Waals surface area (Å²) in [5.74, 6) is -0.351. The number of carbonyl (C=O) groups excluding carboxylic acids is 2. The van der Waals surface area contributed by atoms with Gasteiger partial charge in [-0.25, -0.2) is 0 Å². The van der Waals surface area contributed by atoms with Gasteiger partial charge in [-0.3, -0.25) is 14.6 Å². The van der Waals surface area contributed by atoms with Crippen LogP contribution in [0.4, 0.5) is 11.4 Å². The van der Waals surface area contributed by atoms with E-state index in [9.17, 15) is 9.59 Å². The average molecular weight is 384 g/mol. The highest BCUT2D eigenvalue weighted by atomic mass is 16.2. The molecule has 0 radical (unpaired) electrons. The minimum absolute atomic E-state index is 0.144. The van der Waals surface area contributed by atoms with Gasteiger partial charge in [-0.1, -0.05) is 26.0 Å². The molecule has 1 aromatic heterocycles. The van der Waals surface area contributed by atoms with Gasteiger partial charge in [-0.05, 0) is 60.0 Å². The molecule has 0 saturated heterocycles. The first kappa shape index (κ1) is 19.8. The van der Waals surface area contributed by atoms with Gasteiger partial charge >= 0.3 is 0 Å². The molecule has 2 amide bonds. The van der Waals surface area contributed by atoms with Gasteiger partial charge in [-0.2, -0.15) is 5.26 Å². The summed E-state index contributed by atoms with van der Waals surface area (Å²) in [4.78, 5) is 29.0. The molecule has 0 aliphatic heterocycles. The molecule has 0 saturated carbocycles. The molecular weight excluding hydrogens is 364 g/mol. The number of amides is 2. The fourth-order valence-electron chi connectivity index (χ4n) is 2.67. The van der Waals surface area contributed by atoms with Crippen molar-refractivity contribution in [3.63, 3.8) is 0 Å². The molecule has 0 bridgehead atoms. The van der Waals surface area contributed by atoms with E-state index in [1.165, 1.54) is 23.9 Å². The van der Waals surface area contributed by atoms with Crippen LogP contribution in [0.15, 0.2) is 66.9 Å². The van der Waals surface area contributed by atoms with Crippen molar-refractivity contribution < 1.29 is 9.59 Å². The molecule has 1 heterocycles. The summed E-state index contributed by atoms with van der Waals surface area (Å²) in [7, 11) is 0. The van der Waals surface area contributed by atoms with E-state index in [4.69, 9.17) is 5.26 Å². The monoisotopic (exact) mass is 384 g/mol. The number of nitriles is 1. The molecule has 2 N–H and O–H groups in total. The molecule has 3 rings (SSSR count). The minimum atomic E-state index is -0.393. The van der Waals surface area contributed by atoms with Crippen LogP contribution in [0.25, 0.3) is 0 Å². The van der Waals surface area contributed by atoms with Gasteiger partial charge in [0.1, 0.15) is 5.69 Å². The van der Waals surface area contributed by atoms with Gasteiger partial charge in [0, 0.05) is 23.1 Å². The fourth-order valence-corrected chi connectivity index (χ4v) is 2.67. The van der Waals surface area contributed by atoms with Gasteiger partial charge in [0.2, 0.25) is 0 Å². The van der Waals surface area contributed by atoms with Gasteiger partial charge in [0.15, 0.2) is 0 Å². The first-order chi connectivity index (χ1) is 14.0. The largest absolute Gasteiger partial charge is 0.322 e. The van der Waals surface area contributed by atoms with E-state index in [0.717, 1.165) is 0 Å². The molecule has 6 heteroatoms. The lowest BCUT2D eigenvalue weighted by atomic mass is 10.0. The quantitative estimate of drug-likeness (QED) is 0.673. The van der Waals surface area contributed by atoms with Crippen LogP contribution in [-0.2, 0) is 0 Å². The number of carbonyl (C=O) groups is 2. The SMILES string of the molecule is CC(C)c1ccc(NC(=O)c2cc(C(=O)Nc3ccc(C#N)cc3)ccn2)cc1. The number of pyridine rings is 1. The number of rotatable bonds is 5. The summed E-state index contributed by atoms with van der Waals surface area (Å²) in [5.41, 5.74) is 3.36. The lowest BCUT2D eigenvalue weighted by Crippen LogP contribution is -2.17. The van der Waals surface area contributed by atoms with Crippen molar-refractivity contribution >= 4 is 23.2 Å². The van der Waals surface area contributed by atoms with E-state index in [0.29, 0.717) is 28.4 Å². The van der Waals surface area contributed by atoms with Gasteiger partial charge < -0.3 is 10.6 Å². The Morgan fingerprint density at radius 1 is 0.897 bits per heavy atom.